The summed E-state index contributed by atoms with van der Waals surface area (Å²) in [6, 6.07) is 23.9. The van der Waals surface area contributed by atoms with Gasteiger partial charge in [-0.1, -0.05) is 42.5 Å². The Hall–Kier alpha value is -3.84. The Kier molecular flexibility index (Phi) is 8.47. The minimum atomic E-state index is -0.283. The molecule has 1 saturated heterocycles. The van der Waals surface area contributed by atoms with E-state index in [1.54, 1.807) is 26.3 Å². The lowest BCUT2D eigenvalue weighted by Crippen LogP contribution is -2.42. The Morgan fingerprint density at radius 3 is 2.31 bits per heavy atom. The molecular weight excluding hydrogens is 490 g/mol. The molecule has 0 aliphatic carbocycles. The Balaban J connectivity index is 1.34. The van der Waals surface area contributed by atoms with Crippen molar-refractivity contribution in [2.24, 2.45) is 11.0 Å². The molecule has 1 atom stereocenters. The molecule has 1 amide bonds. The van der Waals surface area contributed by atoms with Crippen molar-refractivity contribution < 1.29 is 19.0 Å². The van der Waals surface area contributed by atoms with E-state index in [0.29, 0.717) is 30.4 Å². The molecule has 7 nitrogen and oxygen atoms in total. The van der Waals surface area contributed by atoms with Crippen LogP contribution in [0.3, 0.4) is 0 Å². The van der Waals surface area contributed by atoms with Crippen LogP contribution < -0.4 is 14.2 Å². The third-order valence-corrected chi connectivity index (χ3v) is 7.82. The molecule has 1 unspecified atom stereocenters. The van der Waals surface area contributed by atoms with Crippen molar-refractivity contribution in [3.05, 3.63) is 89.5 Å². The molecule has 3 aromatic rings. The SMILES string of the molecule is COc1ccc(C2CC(c3ccccc3OC)=NN2C(=O)CN2CCC(Cc3ccccc3)CC2)c(OC)c1. The highest BCUT2D eigenvalue weighted by molar-refractivity contribution is 6.05. The first-order valence-electron chi connectivity index (χ1n) is 13.6. The van der Waals surface area contributed by atoms with Gasteiger partial charge in [-0.2, -0.15) is 5.10 Å². The average molecular weight is 528 g/mol. The number of benzene rings is 3. The summed E-state index contributed by atoms with van der Waals surface area (Å²) in [6.45, 7) is 2.17. The second kappa shape index (κ2) is 12.3. The largest absolute Gasteiger partial charge is 0.497 e. The van der Waals surface area contributed by atoms with Crippen LogP contribution in [0.15, 0.2) is 77.9 Å². The number of methoxy groups -OCH3 is 3. The molecule has 39 heavy (non-hydrogen) atoms. The second-order valence-electron chi connectivity index (χ2n) is 10.2. The number of piperidine rings is 1. The number of carbonyl (C=O) groups is 1. The molecule has 3 aromatic carbocycles. The maximum Gasteiger partial charge on any atom is 0.257 e. The summed E-state index contributed by atoms with van der Waals surface area (Å²) in [5.41, 5.74) is 4.01. The second-order valence-corrected chi connectivity index (χ2v) is 10.2. The van der Waals surface area contributed by atoms with Crippen LogP contribution >= 0.6 is 0 Å². The number of para-hydroxylation sites is 1. The predicted octanol–water partition coefficient (Wildman–Crippen LogP) is 5.34. The fourth-order valence-electron chi connectivity index (χ4n) is 5.68. The maximum atomic E-state index is 13.8. The predicted molar refractivity (Wildman–Crippen MR) is 153 cm³/mol. The van der Waals surface area contributed by atoms with Crippen LogP contribution in [0.2, 0.25) is 0 Å². The first-order valence-corrected chi connectivity index (χ1v) is 13.6. The van der Waals surface area contributed by atoms with Crippen LogP contribution in [-0.4, -0.2) is 62.5 Å². The zero-order valence-electron chi connectivity index (χ0n) is 23.0. The van der Waals surface area contributed by atoms with Crippen LogP contribution in [0.25, 0.3) is 0 Å². The third-order valence-electron chi connectivity index (χ3n) is 7.82. The molecule has 2 aliphatic rings. The van der Waals surface area contributed by atoms with Gasteiger partial charge in [0.05, 0.1) is 39.6 Å². The van der Waals surface area contributed by atoms with Gasteiger partial charge in [0, 0.05) is 23.6 Å². The number of likely N-dealkylation sites (tertiary alicyclic amines) is 1. The smallest absolute Gasteiger partial charge is 0.257 e. The maximum absolute atomic E-state index is 13.8. The van der Waals surface area contributed by atoms with E-state index in [0.717, 1.165) is 54.9 Å². The minimum absolute atomic E-state index is 0.00993. The molecule has 0 spiro atoms. The van der Waals surface area contributed by atoms with Crippen molar-refractivity contribution in [2.45, 2.75) is 31.7 Å². The fourth-order valence-corrected chi connectivity index (χ4v) is 5.68. The number of amides is 1. The summed E-state index contributed by atoms with van der Waals surface area (Å²) >= 11 is 0. The molecule has 7 heteroatoms. The van der Waals surface area contributed by atoms with E-state index in [2.05, 4.69) is 35.2 Å². The van der Waals surface area contributed by atoms with Gasteiger partial charge in [0.25, 0.3) is 5.91 Å². The van der Waals surface area contributed by atoms with Crippen LogP contribution in [0.4, 0.5) is 0 Å². The molecule has 0 aromatic heterocycles. The van der Waals surface area contributed by atoms with E-state index in [1.807, 2.05) is 42.5 Å². The number of hydrogen-bond acceptors (Lipinski definition) is 6. The quantitative estimate of drug-likeness (QED) is 0.376. The van der Waals surface area contributed by atoms with Gasteiger partial charge in [-0.15, -0.1) is 0 Å². The zero-order chi connectivity index (χ0) is 27.2. The Morgan fingerprint density at radius 1 is 0.872 bits per heavy atom. The lowest BCUT2D eigenvalue weighted by Gasteiger charge is -2.33. The highest BCUT2D eigenvalue weighted by atomic mass is 16.5. The van der Waals surface area contributed by atoms with Crippen molar-refractivity contribution >= 4 is 11.6 Å². The number of hydrogen-bond donors (Lipinski definition) is 0. The summed E-state index contributed by atoms with van der Waals surface area (Å²) in [4.78, 5) is 16.1. The number of rotatable bonds is 9. The molecule has 0 saturated carbocycles. The van der Waals surface area contributed by atoms with E-state index in [9.17, 15) is 4.79 Å². The first kappa shape index (κ1) is 26.8. The number of hydrazone groups is 1. The average Bonchev–Trinajstić information content (AvgIpc) is 3.43. The molecular formula is C32H37N3O4. The van der Waals surface area contributed by atoms with E-state index < -0.39 is 0 Å². The van der Waals surface area contributed by atoms with E-state index in [4.69, 9.17) is 19.3 Å². The number of carbonyl (C=O) groups excluding carboxylic acids is 1. The molecule has 0 bridgehead atoms. The lowest BCUT2D eigenvalue weighted by atomic mass is 9.90. The van der Waals surface area contributed by atoms with Gasteiger partial charge in [0.2, 0.25) is 0 Å². The third kappa shape index (κ3) is 6.09. The van der Waals surface area contributed by atoms with E-state index in [1.165, 1.54) is 5.56 Å². The molecule has 0 N–H and O–H groups in total. The minimum Gasteiger partial charge on any atom is -0.497 e. The summed E-state index contributed by atoms with van der Waals surface area (Å²) < 4.78 is 16.7. The van der Waals surface area contributed by atoms with Crippen LogP contribution in [-0.2, 0) is 11.2 Å². The van der Waals surface area contributed by atoms with Gasteiger partial charge >= 0.3 is 0 Å². The zero-order valence-corrected chi connectivity index (χ0v) is 23.0. The van der Waals surface area contributed by atoms with Crippen molar-refractivity contribution in [3.8, 4) is 17.2 Å². The van der Waals surface area contributed by atoms with Gasteiger partial charge in [-0.3, -0.25) is 9.69 Å². The monoisotopic (exact) mass is 527 g/mol. The summed E-state index contributed by atoms with van der Waals surface area (Å²) in [7, 11) is 4.93. The summed E-state index contributed by atoms with van der Waals surface area (Å²) in [5, 5.41) is 6.54. The lowest BCUT2D eigenvalue weighted by molar-refractivity contribution is -0.134. The van der Waals surface area contributed by atoms with Gasteiger partial charge < -0.3 is 14.2 Å². The Morgan fingerprint density at radius 2 is 1.59 bits per heavy atom. The topological polar surface area (TPSA) is 63.6 Å². The normalized spacial score (nSPS) is 18.1. The summed E-state index contributed by atoms with van der Waals surface area (Å²) in [6.07, 6.45) is 3.84. The molecule has 1 fully saturated rings. The van der Waals surface area contributed by atoms with Crippen molar-refractivity contribution in [1.82, 2.24) is 9.91 Å². The van der Waals surface area contributed by atoms with E-state index in [-0.39, 0.29) is 11.9 Å². The van der Waals surface area contributed by atoms with Crippen LogP contribution in [0.5, 0.6) is 17.2 Å². The van der Waals surface area contributed by atoms with Crippen molar-refractivity contribution in [1.29, 1.82) is 0 Å². The van der Waals surface area contributed by atoms with Crippen molar-refractivity contribution in [3.63, 3.8) is 0 Å². The van der Waals surface area contributed by atoms with Crippen LogP contribution in [0, 0.1) is 5.92 Å². The molecule has 2 heterocycles. The Bertz CT molecular complexity index is 1300. The van der Waals surface area contributed by atoms with Gasteiger partial charge in [-0.05, 0) is 68.1 Å². The molecule has 204 valence electrons. The number of nitrogens with zero attached hydrogens (tertiary/aromatic N) is 3. The highest BCUT2D eigenvalue weighted by Crippen LogP contribution is 2.40. The molecule has 5 rings (SSSR count). The standard InChI is InChI=1S/C32H37N3O4/c1-37-25-13-14-27(31(20-25)39-3)29-21-28(26-11-7-8-12-30(26)38-2)33-35(29)32(36)22-34-17-15-24(16-18-34)19-23-9-5-4-6-10-23/h4-14,20,24,29H,15-19,21-22H2,1-3H3. The van der Waals surface area contributed by atoms with Gasteiger partial charge in [-0.25, -0.2) is 5.01 Å². The number of ether oxygens (including phenoxy) is 3. The van der Waals surface area contributed by atoms with Crippen LogP contribution in [0.1, 0.15) is 42.0 Å². The van der Waals surface area contributed by atoms with E-state index >= 15 is 0 Å². The first-order chi connectivity index (χ1) is 19.1. The molecule has 0 radical (unpaired) electrons. The Labute approximate surface area is 231 Å². The highest BCUT2D eigenvalue weighted by Gasteiger charge is 2.36. The van der Waals surface area contributed by atoms with Gasteiger partial charge in [0.1, 0.15) is 17.2 Å². The molecule has 2 aliphatic heterocycles. The fraction of sp³-hybridized carbons (Fsp3) is 0.375. The van der Waals surface area contributed by atoms with Crippen molar-refractivity contribution in [2.75, 3.05) is 41.0 Å². The van der Waals surface area contributed by atoms with Gasteiger partial charge in [0.15, 0.2) is 0 Å². The summed E-state index contributed by atoms with van der Waals surface area (Å²) in [5.74, 6) is 2.76.